The lowest BCUT2D eigenvalue weighted by Crippen LogP contribution is -2.44. The number of nitrogens with zero attached hydrogens (tertiary/aromatic N) is 2. The van der Waals surface area contributed by atoms with Gasteiger partial charge in [0, 0.05) is 13.1 Å². The number of amidine groups is 1. The summed E-state index contributed by atoms with van der Waals surface area (Å²) in [6.07, 6.45) is -2.88. The van der Waals surface area contributed by atoms with Crippen LogP contribution in [0.4, 0.5) is 13.2 Å². The molecule has 1 unspecified atom stereocenters. The van der Waals surface area contributed by atoms with Crippen LogP contribution in [-0.4, -0.2) is 35.2 Å². The van der Waals surface area contributed by atoms with Crippen molar-refractivity contribution in [3.8, 4) is 0 Å². The third-order valence-corrected chi connectivity index (χ3v) is 3.74. The van der Waals surface area contributed by atoms with Gasteiger partial charge < -0.3 is 10.9 Å². The Balaban J connectivity index is 2.15. The van der Waals surface area contributed by atoms with Crippen LogP contribution >= 0.6 is 0 Å². The van der Waals surface area contributed by atoms with Gasteiger partial charge in [-0.1, -0.05) is 29.4 Å². The molecular weight excluding hydrogens is 283 g/mol. The minimum atomic E-state index is -4.53. The van der Waals surface area contributed by atoms with E-state index < -0.39 is 17.9 Å². The van der Waals surface area contributed by atoms with Gasteiger partial charge in [-0.3, -0.25) is 4.90 Å². The average molecular weight is 301 g/mol. The Bertz CT molecular complexity index is 516. The van der Waals surface area contributed by atoms with Gasteiger partial charge in [0.15, 0.2) is 5.84 Å². The van der Waals surface area contributed by atoms with Crippen molar-refractivity contribution in [3.63, 3.8) is 0 Å². The second-order valence-electron chi connectivity index (χ2n) is 5.23. The van der Waals surface area contributed by atoms with Crippen molar-refractivity contribution >= 4 is 5.84 Å². The van der Waals surface area contributed by atoms with E-state index in [4.69, 9.17) is 10.9 Å². The summed E-state index contributed by atoms with van der Waals surface area (Å²) in [7, 11) is 0. The van der Waals surface area contributed by atoms with E-state index in [-0.39, 0.29) is 6.54 Å². The van der Waals surface area contributed by atoms with Gasteiger partial charge in [-0.2, -0.15) is 13.2 Å². The summed E-state index contributed by atoms with van der Waals surface area (Å²) < 4.78 is 39.0. The maximum Gasteiger partial charge on any atom is 0.400 e. The number of rotatable bonds is 3. The van der Waals surface area contributed by atoms with Crippen LogP contribution in [0.5, 0.6) is 0 Å². The zero-order valence-electron chi connectivity index (χ0n) is 11.5. The molecule has 1 heterocycles. The molecule has 0 saturated carbocycles. The van der Waals surface area contributed by atoms with Gasteiger partial charge in [0.1, 0.15) is 5.92 Å². The Morgan fingerprint density at radius 2 is 2.00 bits per heavy atom. The van der Waals surface area contributed by atoms with Crippen LogP contribution in [0, 0.1) is 5.92 Å². The highest BCUT2D eigenvalue weighted by atomic mass is 19.4. The van der Waals surface area contributed by atoms with Gasteiger partial charge in [0.05, 0.1) is 0 Å². The minimum absolute atomic E-state index is 0.298. The van der Waals surface area contributed by atoms with E-state index >= 15 is 0 Å². The third-order valence-electron chi connectivity index (χ3n) is 3.74. The maximum absolute atomic E-state index is 13.0. The summed E-state index contributed by atoms with van der Waals surface area (Å²) in [5, 5.41) is 11.1. The number of halogens is 3. The average Bonchev–Trinajstić information content (AvgIpc) is 2.64. The van der Waals surface area contributed by atoms with Crippen molar-refractivity contribution in [1.82, 2.24) is 4.90 Å². The molecule has 0 saturated heterocycles. The minimum Gasteiger partial charge on any atom is -0.409 e. The number of alkyl halides is 3. The molecule has 2 rings (SSSR count). The highest BCUT2D eigenvalue weighted by Crippen LogP contribution is 2.29. The van der Waals surface area contributed by atoms with Crippen molar-refractivity contribution in [2.75, 3.05) is 13.1 Å². The molecule has 0 aromatic heterocycles. The molecule has 1 aliphatic rings. The summed E-state index contributed by atoms with van der Waals surface area (Å²) in [4.78, 5) is 1.71. The lowest BCUT2D eigenvalue weighted by atomic mass is 10.0. The standard InChI is InChI=1S/C14H18F3N3O/c15-14(16,17)12(13(18)19-21)9-20-7-3-6-10-4-1-2-5-11(10)8-20/h1-2,4-5,12,21H,3,6-9H2,(H2,18,19). The largest absolute Gasteiger partial charge is 0.409 e. The SMILES string of the molecule is N/C(=N/O)C(CN1CCCc2ccccc2C1)C(F)(F)F. The molecule has 1 aromatic carbocycles. The normalized spacial score (nSPS) is 18.9. The summed E-state index contributed by atoms with van der Waals surface area (Å²) in [5.41, 5.74) is 7.42. The quantitative estimate of drug-likeness (QED) is 0.390. The first-order valence-electron chi connectivity index (χ1n) is 6.75. The topological polar surface area (TPSA) is 61.9 Å². The van der Waals surface area contributed by atoms with Gasteiger partial charge in [0.25, 0.3) is 0 Å². The monoisotopic (exact) mass is 301 g/mol. The lowest BCUT2D eigenvalue weighted by Gasteiger charge is -2.27. The summed E-state index contributed by atoms with van der Waals surface area (Å²) in [5.74, 6) is -2.74. The molecule has 0 radical (unpaired) electrons. The predicted octanol–water partition coefficient (Wildman–Crippen LogP) is 2.36. The first-order valence-corrected chi connectivity index (χ1v) is 6.75. The number of benzene rings is 1. The fraction of sp³-hybridized carbons (Fsp3) is 0.500. The van der Waals surface area contributed by atoms with E-state index in [2.05, 4.69) is 5.16 Å². The fourth-order valence-electron chi connectivity index (χ4n) is 2.62. The van der Waals surface area contributed by atoms with Crippen LogP contribution in [0.3, 0.4) is 0 Å². The van der Waals surface area contributed by atoms with Crippen LogP contribution in [-0.2, 0) is 13.0 Å². The second-order valence-corrected chi connectivity index (χ2v) is 5.23. The van der Waals surface area contributed by atoms with Gasteiger partial charge in [0.2, 0.25) is 0 Å². The molecule has 0 amide bonds. The summed E-state index contributed by atoms with van der Waals surface area (Å²) in [6, 6.07) is 7.75. The number of nitrogens with two attached hydrogens (primary N) is 1. The maximum atomic E-state index is 13.0. The van der Waals surface area contributed by atoms with E-state index in [1.54, 1.807) is 4.90 Å². The second kappa shape index (κ2) is 6.34. The Labute approximate surface area is 121 Å². The van der Waals surface area contributed by atoms with Gasteiger partial charge in [-0.05, 0) is 30.5 Å². The Morgan fingerprint density at radius 3 is 2.62 bits per heavy atom. The van der Waals surface area contributed by atoms with Gasteiger partial charge in [-0.25, -0.2) is 0 Å². The van der Waals surface area contributed by atoms with E-state index in [0.29, 0.717) is 13.1 Å². The molecule has 0 fully saturated rings. The van der Waals surface area contributed by atoms with E-state index in [1.165, 1.54) is 5.56 Å². The molecular formula is C14H18F3N3O. The van der Waals surface area contributed by atoms with Gasteiger partial charge in [-0.15, -0.1) is 0 Å². The number of aryl methyl sites for hydroxylation is 1. The molecule has 116 valence electrons. The predicted molar refractivity (Wildman–Crippen MR) is 73.0 cm³/mol. The van der Waals surface area contributed by atoms with E-state index in [9.17, 15) is 13.2 Å². The molecule has 1 aliphatic heterocycles. The number of hydrogen-bond acceptors (Lipinski definition) is 3. The summed E-state index contributed by atoms with van der Waals surface area (Å²) in [6.45, 7) is 0.704. The van der Waals surface area contributed by atoms with Crippen LogP contribution in [0.1, 0.15) is 17.5 Å². The number of hydrogen-bond donors (Lipinski definition) is 2. The van der Waals surface area contributed by atoms with Crippen LogP contribution in [0.25, 0.3) is 0 Å². The molecule has 3 N–H and O–H groups in total. The number of fused-ring (bicyclic) bond motifs is 1. The lowest BCUT2D eigenvalue weighted by molar-refractivity contribution is -0.160. The first kappa shape index (κ1) is 15.6. The fourth-order valence-corrected chi connectivity index (χ4v) is 2.62. The smallest absolute Gasteiger partial charge is 0.400 e. The van der Waals surface area contributed by atoms with Gasteiger partial charge >= 0.3 is 6.18 Å². The number of oxime groups is 1. The summed E-state index contributed by atoms with van der Waals surface area (Å²) >= 11 is 0. The molecule has 4 nitrogen and oxygen atoms in total. The zero-order chi connectivity index (χ0) is 15.5. The Hall–Kier alpha value is -1.76. The van der Waals surface area contributed by atoms with Crippen molar-refractivity contribution in [1.29, 1.82) is 0 Å². The Kier molecular flexibility index (Phi) is 4.72. The van der Waals surface area contributed by atoms with Crippen LogP contribution < -0.4 is 5.73 Å². The molecule has 1 atom stereocenters. The van der Waals surface area contributed by atoms with Crippen molar-refractivity contribution in [2.24, 2.45) is 16.8 Å². The van der Waals surface area contributed by atoms with Crippen molar-refractivity contribution in [3.05, 3.63) is 35.4 Å². The molecule has 7 heteroatoms. The first-order chi connectivity index (χ1) is 9.91. The van der Waals surface area contributed by atoms with Crippen molar-refractivity contribution in [2.45, 2.75) is 25.6 Å². The van der Waals surface area contributed by atoms with Crippen LogP contribution in [0.15, 0.2) is 29.4 Å². The molecule has 0 aliphatic carbocycles. The molecule has 0 bridgehead atoms. The highest BCUT2D eigenvalue weighted by Gasteiger charge is 2.43. The van der Waals surface area contributed by atoms with Crippen LogP contribution in [0.2, 0.25) is 0 Å². The molecule has 0 spiro atoms. The zero-order valence-corrected chi connectivity index (χ0v) is 11.5. The van der Waals surface area contributed by atoms with E-state index in [1.807, 2.05) is 24.3 Å². The molecule has 21 heavy (non-hydrogen) atoms. The highest BCUT2D eigenvalue weighted by molar-refractivity contribution is 5.83. The van der Waals surface area contributed by atoms with Crippen molar-refractivity contribution < 1.29 is 18.4 Å². The third kappa shape index (κ3) is 3.87. The molecule has 1 aromatic rings. The Morgan fingerprint density at radius 1 is 1.33 bits per heavy atom. The van der Waals surface area contributed by atoms with E-state index in [0.717, 1.165) is 18.4 Å².